The molecule has 1 aromatic heterocycles. The van der Waals surface area contributed by atoms with E-state index in [2.05, 4.69) is 16.4 Å². The lowest BCUT2D eigenvalue weighted by Gasteiger charge is -2.04. The van der Waals surface area contributed by atoms with Gasteiger partial charge in [0.05, 0.1) is 11.3 Å². The van der Waals surface area contributed by atoms with Crippen molar-refractivity contribution in [2.24, 2.45) is 5.73 Å². The van der Waals surface area contributed by atoms with Crippen LogP contribution < -0.4 is 5.73 Å². The minimum Gasteiger partial charge on any atom is -0.338 e. The molecule has 1 unspecified atom stereocenters. The summed E-state index contributed by atoms with van der Waals surface area (Å²) in [5.41, 5.74) is 5.98. The van der Waals surface area contributed by atoms with Gasteiger partial charge in [0.1, 0.15) is 0 Å². The number of nitrogens with two attached hydrogens (primary N) is 1. The van der Waals surface area contributed by atoms with Crippen LogP contribution in [0.3, 0.4) is 0 Å². The molecule has 0 amide bonds. The zero-order valence-corrected chi connectivity index (χ0v) is 11.0. The van der Waals surface area contributed by atoms with Crippen LogP contribution in [-0.2, 0) is 0 Å². The summed E-state index contributed by atoms with van der Waals surface area (Å²) >= 11 is 3.69. The Labute approximate surface area is 104 Å². The number of thioether (sulfide) groups is 2. The molecule has 90 valence electrons. The van der Waals surface area contributed by atoms with Gasteiger partial charge in [-0.2, -0.15) is 28.5 Å². The normalized spacial score (nSPS) is 22.5. The second kappa shape index (κ2) is 5.93. The summed E-state index contributed by atoms with van der Waals surface area (Å²) in [7, 11) is 0. The highest BCUT2D eigenvalue weighted by atomic mass is 32.2. The zero-order valence-electron chi connectivity index (χ0n) is 9.39. The first-order valence-electron chi connectivity index (χ1n) is 5.51. The van der Waals surface area contributed by atoms with Crippen molar-refractivity contribution in [1.29, 1.82) is 0 Å². The zero-order chi connectivity index (χ0) is 11.4. The van der Waals surface area contributed by atoms with Crippen LogP contribution in [0.15, 0.2) is 4.52 Å². The third kappa shape index (κ3) is 2.93. The maximum atomic E-state index is 5.98. The molecular formula is C10H17N3OS2. The summed E-state index contributed by atoms with van der Waals surface area (Å²) < 4.78 is 5.23. The molecule has 1 aliphatic heterocycles. The van der Waals surface area contributed by atoms with Crippen molar-refractivity contribution < 1.29 is 4.52 Å². The summed E-state index contributed by atoms with van der Waals surface area (Å²) in [5, 5.41) is 4.46. The van der Waals surface area contributed by atoms with E-state index in [0.717, 1.165) is 24.4 Å². The molecule has 0 aliphatic carbocycles. The highest BCUT2D eigenvalue weighted by Gasteiger charge is 2.24. The fourth-order valence-corrected chi connectivity index (χ4v) is 3.36. The van der Waals surface area contributed by atoms with Gasteiger partial charge in [-0.3, -0.25) is 0 Å². The van der Waals surface area contributed by atoms with E-state index in [-0.39, 0.29) is 6.04 Å². The molecule has 1 fully saturated rings. The van der Waals surface area contributed by atoms with Gasteiger partial charge in [0.2, 0.25) is 5.89 Å². The summed E-state index contributed by atoms with van der Waals surface area (Å²) in [4.78, 5) is 4.41. The van der Waals surface area contributed by atoms with Crippen LogP contribution in [0.5, 0.6) is 0 Å². The smallest absolute Gasteiger partial charge is 0.243 e. The van der Waals surface area contributed by atoms with Crippen LogP contribution in [0.1, 0.15) is 42.3 Å². The Balaban J connectivity index is 1.95. The monoisotopic (exact) mass is 259 g/mol. The Kier molecular flexibility index (Phi) is 4.55. The van der Waals surface area contributed by atoms with Crippen molar-refractivity contribution in [3.63, 3.8) is 0 Å². The molecule has 6 heteroatoms. The molecule has 0 saturated carbocycles. The van der Waals surface area contributed by atoms with Crippen molar-refractivity contribution >= 4 is 23.5 Å². The molecule has 2 N–H and O–H groups in total. The van der Waals surface area contributed by atoms with E-state index in [9.17, 15) is 0 Å². The Morgan fingerprint density at radius 1 is 1.69 bits per heavy atom. The number of rotatable bonds is 5. The molecule has 2 atom stereocenters. The van der Waals surface area contributed by atoms with Crippen LogP contribution >= 0.6 is 23.5 Å². The van der Waals surface area contributed by atoms with E-state index in [1.54, 1.807) is 11.8 Å². The van der Waals surface area contributed by atoms with E-state index < -0.39 is 0 Å². The molecule has 0 radical (unpaired) electrons. The Bertz CT molecular complexity index is 326. The summed E-state index contributed by atoms with van der Waals surface area (Å²) in [6.45, 7) is 0. The van der Waals surface area contributed by atoms with Gasteiger partial charge in [0.15, 0.2) is 5.82 Å². The van der Waals surface area contributed by atoms with Crippen LogP contribution in [0.2, 0.25) is 0 Å². The van der Waals surface area contributed by atoms with E-state index in [1.165, 1.54) is 12.2 Å². The molecule has 4 nitrogen and oxygen atoms in total. The molecule has 1 aromatic rings. The molecule has 1 saturated heterocycles. The lowest BCUT2D eigenvalue weighted by atomic mass is 10.2. The van der Waals surface area contributed by atoms with Crippen LogP contribution in [0, 0.1) is 0 Å². The lowest BCUT2D eigenvalue weighted by molar-refractivity contribution is 0.348. The van der Waals surface area contributed by atoms with Gasteiger partial charge in [-0.25, -0.2) is 0 Å². The standard InChI is InChI=1S/C10H17N3OS2/c1-15-6-4-7(11)10-12-9(13-14-10)8-3-2-5-16-8/h7-8H,2-6,11H2,1H3/t7-,8?/m1/s1. The molecular weight excluding hydrogens is 242 g/mol. The molecule has 0 bridgehead atoms. The minimum absolute atomic E-state index is 0.111. The second-order valence-corrected chi connectivity index (χ2v) is 6.18. The first kappa shape index (κ1) is 12.3. The SMILES string of the molecule is CSCC[C@@H](N)c1nc(C2CCCS2)no1. The Morgan fingerprint density at radius 2 is 2.56 bits per heavy atom. The number of aromatic nitrogens is 2. The topological polar surface area (TPSA) is 64.9 Å². The molecule has 0 aromatic carbocycles. The highest BCUT2D eigenvalue weighted by Crippen LogP contribution is 2.38. The highest BCUT2D eigenvalue weighted by molar-refractivity contribution is 7.99. The summed E-state index contributed by atoms with van der Waals surface area (Å²) in [6, 6.07) is -0.111. The van der Waals surface area contributed by atoms with Crippen LogP contribution in [0.25, 0.3) is 0 Å². The third-order valence-corrected chi connectivity index (χ3v) is 4.64. The summed E-state index contributed by atoms with van der Waals surface area (Å²) in [5.74, 6) is 3.65. The number of nitrogens with zero attached hydrogens (tertiary/aromatic N) is 2. The largest absolute Gasteiger partial charge is 0.338 e. The van der Waals surface area contributed by atoms with E-state index >= 15 is 0 Å². The average Bonchev–Trinajstić information content (AvgIpc) is 2.94. The van der Waals surface area contributed by atoms with Crippen LogP contribution in [0.4, 0.5) is 0 Å². The fraction of sp³-hybridized carbons (Fsp3) is 0.800. The predicted octanol–water partition coefficient (Wildman–Crippen LogP) is 2.39. The van der Waals surface area contributed by atoms with E-state index in [4.69, 9.17) is 10.3 Å². The first-order valence-corrected chi connectivity index (χ1v) is 7.95. The van der Waals surface area contributed by atoms with Crippen molar-refractivity contribution in [3.05, 3.63) is 11.7 Å². The second-order valence-electron chi connectivity index (χ2n) is 3.88. The lowest BCUT2D eigenvalue weighted by Crippen LogP contribution is -2.11. The Hall–Kier alpha value is -0.200. The molecule has 0 spiro atoms. The molecule has 2 heterocycles. The number of hydrogen-bond donors (Lipinski definition) is 1. The molecule has 1 aliphatic rings. The molecule has 16 heavy (non-hydrogen) atoms. The molecule has 2 rings (SSSR count). The van der Waals surface area contributed by atoms with Gasteiger partial charge in [0, 0.05) is 0 Å². The van der Waals surface area contributed by atoms with Crippen molar-refractivity contribution in [1.82, 2.24) is 10.1 Å². The van der Waals surface area contributed by atoms with Gasteiger partial charge in [-0.05, 0) is 37.0 Å². The first-order chi connectivity index (χ1) is 7.81. The fourth-order valence-electron chi connectivity index (χ4n) is 1.68. The summed E-state index contributed by atoms with van der Waals surface area (Å²) in [6.07, 6.45) is 5.36. The van der Waals surface area contributed by atoms with Gasteiger partial charge in [-0.15, -0.1) is 0 Å². The quantitative estimate of drug-likeness (QED) is 0.876. The minimum atomic E-state index is -0.111. The van der Waals surface area contributed by atoms with Crippen molar-refractivity contribution in [2.75, 3.05) is 17.8 Å². The van der Waals surface area contributed by atoms with Gasteiger partial charge >= 0.3 is 0 Å². The maximum absolute atomic E-state index is 5.98. The van der Waals surface area contributed by atoms with Crippen LogP contribution in [-0.4, -0.2) is 27.9 Å². The van der Waals surface area contributed by atoms with Gasteiger partial charge in [-0.1, -0.05) is 5.16 Å². The maximum Gasteiger partial charge on any atom is 0.243 e. The average molecular weight is 259 g/mol. The van der Waals surface area contributed by atoms with Crippen molar-refractivity contribution in [3.8, 4) is 0 Å². The van der Waals surface area contributed by atoms with E-state index in [1.807, 2.05) is 11.8 Å². The van der Waals surface area contributed by atoms with Crippen molar-refractivity contribution in [2.45, 2.75) is 30.6 Å². The van der Waals surface area contributed by atoms with E-state index in [0.29, 0.717) is 11.1 Å². The van der Waals surface area contributed by atoms with Gasteiger partial charge in [0.25, 0.3) is 0 Å². The van der Waals surface area contributed by atoms with Gasteiger partial charge < -0.3 is 10.3 Å². The predicted molar refractivity (Wildman–Crippen MR) is 68.7 cm³/mol. The number of hydrogen-bond acceptors (Lipinski definition) is 6. The third-order valence-electron chi connectivity index (χ3n) is 2.63. The Morgan fingerprint density at radius 3 is 3.25 bits per heavy atom.